The molecule has 6 nitrogen and oxygen atoms in total. The van der Waals surface area contributed by atoms with Crippen molar-refractivity contribution in [2.45, 2.75) is 51.2 Å². The number of aliphatic imine (C=N–C) groups is 1. The molecule has 3 rings (SSSR count). The van der Waals surface area contributed by atoms with Crippen molar-refractivity contribution in [3.05, 3.63) is 34.9 Å². The molecule has 29 heavy (non-hydrogen) atoms. The number of hydrogen-bond donors (Lipinski definition) is 2. The van der Waals surface area contributed by atoms with Crippen LogP contribution in [0.25, 0.3) is 0 Å². The van der Waals surface area contributed by atoms with Crippen LogP contribution in [0.5, 0.6) is 0 Å². The number of amides is 1. The van der Waals surface area contributed by atoms with Gasteiger partial charge in [0.1, 0.15) is 6.10 Å². The highest BCUT2D eigenvalue weighted by Gasteiger charge is 2.32. The van der Waals surface area contributed by atoms with Crippen molar-refractivity contribution in [1.82, 2.24) is 15.5 Å². The van der Waals surface area contributed by atoms with Crippen molar-refractivity contribution in [3.8, 4) is 0 Å². The average Bonchev–Trinajstić information content (AvgIpc) is 3.40. The lowest BCUT2D eigenvalue weighted by Crippen LogP contribution is -2.45. The number of halogens is 1. The number of benzene rings is 1. The second kappa shape index (κ2) is 10.8. The van der Waals surface area contributed by atoms with Gasteiger partial charge in [-0.15, -0.1) is 0 Å². The van der Waals surface area contributed by atoms with E-state index in [9.17, 15) is 4.79 Å². The van der Waals surface area contributed by atoms with Crippen molar-refractivity contribution in [2.24, 2.45) is 10.9 Å². The summed E-state index contributed by atoms with van der Waals surface area (Å²) < 4.78 is 5.62. The van der Waals surface area contributed by atoms with Crippen LogP contribution in [-0.2, 0) is 9.53 Å². The summed E-state index contributed by atoms with van der Waals surface area (Å²) in [6, 6.07) is 7.91. The number of nitrogens with one attached hydrogen (secondary N) is 2. The number of ether oxygens (including phenoxy) is 1. The first-order chi connectivity index (χ1) is 14.1. The van der Waals surface area contributed by atoms with Crippen LogP contribution < -0.4 is 10.6 Å². The van der Waals surface area contributed by atoms with Gasteiger partial charge in [0.05, 0.1) is 6.54 Å². The molecule has 0 spiro atoms. The molecule has 1 aromatic rings. The first-order valence-electron chi connectivity index (χ1n) is 10.7. The molecule has 7 heteroatoms. The summed E-state index contributed by atoms with van der Waals surface area (Å²) in [5.74, 6) is 1.35. The third-order valence-corrected chi connectivity index (χ3v) is 6.04. The van der Waals surface area contributed by atoms with E-state index in [2.05, 4.69) is 10.6 Å². The number of guanidine groups is 1. The maximum Gasteiger partial charge on any atom is 0.225 e. The molecular weight excluding hydrogens is 388 g/mol. The number of carbonyl (C=O) groups excluding carboxylic acids is 1. The molecule has 1 saturated carbocycles. The first-order valence-corrected chi connectivity index (χ1v) is 11.1. The lowest BCUT2D eigenvalue weighted by Gasteiger charge is -2.22. The number of rotatable bonds is 7. The minimum Gasteiger partial charge on any atom is -0.375 e. The maximum absolute atomic E-state index is 12.7. The molecule has 0 aromatic heterocycles. The van der Waals surface area contributed by atoms with E-state index in [1.807, 2.05) is 36.1 Å². The number of methoxy groups -OCH3 is 1. The van der Waals surface area contributed by atoms with Crippen LogP contribution in [0.3, 0.4) is 0 Å². The van der Waals surface area contributed by atoms with E-state index in [-0.39, 0.29) is 18.1 Å². The van der Waals surface area contributed by atoms with Gasteiger partial charge in [-0.3, -0.25) is 9.79 Å². The zero-order valence-electron chi connectivity index (χ0n) is 17.5. The molecule has 1 heterocycles. The molecule has 1 aliphatic carbocycles. The summed E-state index contributed by atoms with van der Waals surface area (Å²) in [7, 11) is 1.69. The van der Waals surface area contributed by atoms with Gasteiger partial charge in [-0.05, 0) is 43.9 Å². The summed E-state index contributed by atoms with van der Waals surface area (Å²) in [5, 5.41) is 7.49. The van der Waals surface area contributed by atoms with Gasteiger partial charge in [0.15, 0.2) is 5.96 Å². The van der Waals surface area contributed by atoms with Crippen LogP contribution >= 0.6 is 11.6 Å². The Morgan fingerprint density at radius 2 is 2.14 bits per heavy atom. The summed E-state index contributed by atoms with van der Waals surface area (Å²) in [4.78, 5) is 19.4. The molecule has 2 atom stereocenters. The SMILES string of the molecule is CCNC(=NCC(OC)c1cccc(Cl)c1)NC1CCN(C(=O)C2CCCC2)C1. The fourth-order valence-electron chi connectivity index (χ4n) is 4.22. The Kier molecular flexibility index (Phi) is 8.19. The summed E-state index contributed by atoms with van der Waals surface area (Å²) in [6.45, 7) is 4.89. The highest BCUT2D eigenvalue weighted by Crippen LogP contribution is 2.28. The van der Waals surface area contributed by atoms with Gasteiger partial charge in [-0.25, -0.2) is 0 Å². The minimum atomic E-state index is -0.159. The Balaban J connectivity index is 1.57. The van der Waals surface area contributed by atoms with Gasteiger partial charge >= 0.3 is 0 Å². The van der Waals surface area contributed by atoms with Gasteiger partial charge in [-0.1, -0.05) is 36.6 Å². The summed E-state index contributed by atoms with van der Waals surface area (Å²) in [5.41, 5.74) is 1.01. The third-order valence-electron chi connectivity index (χ3n) is 5.81. The Labute approximate surface area is 179 Å². The smallest absolute Gasteiger partial charge is 0.225 e. The second-order valence-corrected chi connectivity index (χ2v) is 8.33. The van der Waals surface area contributed by atoms with Crippen LogP contribution in [0.2, 0.25) is 5.02 Å². The van der Waals surface area contributed by atoms with E-state index in [1.165, 1.54) is 12.8 Å². The van der Waals surface area contributed by atoms with Crippen LogP contribution in [-0.4, -0.2) is 56.1 Å². The van der Waals surface area contributed by atoms with E-state index in [1.54, 1.807) is 7.11 Å². The number of hydrogen-bond acceptors (Lipinski definition) is 3. The predicted molar refractivity (Wildman–Crippen MR) is 117 cm³/mol. The van der Waals surface area contributed by atoms with E-state index in [0.29, 0.717) is 17.5 Å². The lowest BCUT2D eigenvalue weighted by molar-refractivity contribution is -0.134. The normalized spacial score (nSPS) is 21.4. The van der Waals surface area contributed by atoms with Crippen LogP contribution in [0.4, 0.5) is 0 Å². The van der Waals surface area contributed by atoms with E-state index < -0.39 is 0 Å². The number of likely N-dealkylation sites (tertiary alicyclic amines) is 1. The molecule has 2 aliphatic rings. The summed E-state index contributed by atoms with van der Waals surface area (Å²) in [6.07, 6.45) is 5.28. The van der Waals surface area contributed by atoms with Crippen molar-refractivity contribution < 1.29 is 9.53 Å². The maximum atomic E-state index is 12.7. The van der Waals surface area contributed by atoms with Gasteiger partial charge in [-0.2, -0.15) is 0 Å². The molecule has 2 unspecified atom stereocenters. The van der Waals surface area contributed by atoms with Crippen LogP contribution in [0, 0.1) is 5.92 Å². The molecule has 2 N–H and O–H groups in total. The molecule has 1 amide bonds. The fourth-order valence-corrected chi connectivity index (χ4v) is 4.42. The minimum absolute atomic E-state index is 0.159. The van der Waals surface area contributed by atoms with Crippen molar-refractivity contribution in [2.75, 3.05) is 33.3 Å². The first kappa shape index (κ1) is 21.9. The number of nitrogens with zero attached hydrogens (tertiary/aromatic N) is 2. The molecule has 160 valence electrons. The highest BCUT2D eigenvalue weighted by atomic mass is 35.5. The quantitative estimate of drug-likeness (QED) is 0.524. The lowest BCUT2D eigenvalue weighted by atomic mass is 10.1. The third kappa shape index (κ3) is 6.09. The van der Waals surface area contributed by atoms with Crippen molar-refractivity contribution in [3.63, 3.8) is 0 Å². The van der Waals surface area contributed by atoms with E-state index in [4.69, 9.17) is 21.3 Å². The van der Waals surface area contributed by atoms with Crippen LogP contribution in [0.15, 0.2) is 29.3 Å². The second-order valence-electron chi connectivity index (χ2n) is 7.89. The largest absolute Gasteiger partial charge is 0.375 e. The molecular formula is C22H33ClN4O2. The summed E-state index contributed by atoms with van der Waals surface area (Å²) >= 11 is 6.11. The molecule has 1 saturated heterocycles. The Hall–Kier alpha value is -1.79. The highest BCUT2D eigenvalue weighted by molar-refractivity contribution is 6.30. The Morgan fingerprint density at radius 1 is 1.34 bits per heavy atom. The number of carbonyl (C=O) groups is 1. The fraction of sp³-hybridized carbons (Fsp3) is 0.636. The molecule has 2 fully saturated rings. The standard InChI is InChI=1S/C22H33ClN4O2/c1-3-24-22(25-14-20(29-2)17-9-6-10-18(23)13-17)26-19-11-12-27(15-19)21(28)16-7-4-5-8-16/h6,9-10,13,16,19-20H,3-5,7-8,11-12,14-15H2,1-2H3,(H2,24,25,26). The predicted octanol–water partition coefficient (Wildman–Crippen LogP) is 3.37. The molecule has 0 bridgehead atoms. The average molecular weight is 421 g/mol. The molecule has 0 radical (unpaired) electrons. The monoisotopic (exact) mass is 420 g/mol. The van der Waals surface area contributed by atoms with Gasteiger partial charge < -0.3 is 20.3 Å². The molecule has 1 aliphatic heterocycles. The molecule has 1 aromatic carbocycles. The van der Waals surface area contributed by atoms with Crippen molar-refractivity contribution in [1.29, 1.82) is 0 Å². The van der Waals surface area contributed by atoms with Crippen molar-refractivity contribution >= 4 is 23.5 Å². The topological polar surface area (TPSA) is 66.0 Å². The van der Waals surface area contributed by atoms with E-state index in [0.717, 1.165) is 50.4 Å². The van der Waals surface area contributed by atoms with Crippen LogP contribution in [0.1, 0.15) is 50.7 Å². The van der Waals surface area contributed by atoms with Gasteiger partial charge in [0, 0.05) is 43.7 Å². The van der Waals surface area contributed by atoms with E-state index >= 15 is 0 Å². The van der Waals surface area contributed by atoms with Gasteiger partial charge in [0.25, 0.3) is 0 Å². The van der Waals surface area contributed by atoms with Gasteiger partial charge in [0.2, 0.25) is 5.91 Å². The zero-order valence-corrected chi connectivity index (χ0v) is 18.3. The Morgan fingerprint density at radius 3 is 2.83 bits per heavy atom. The Bertz CT molecular complexity index is 706. The zero-order chi connectivity index (χ0) is 20.6.